The van der Waals surface area contributed by atoms with Crippen LogP contribution in [-0.4, -0.2) is 74.2 Å². The molecule has 8 nitrogen and oxygen atoms in total. The minimum absolute atomic E-state index is 0.0323. The van der Waals surface area contributed by atoms with Crippen LogP contribution in [0.15, 0.2) is 48.7 Å². The quantitative estimate of drug-likeness (QED) is 0.235. The van der Waals surface area contributed by atoms with Gasteiger partial charge in [-0.05, 0) is 98.4 Å². The van der Waals surface area contributed by atoms with Crippen molar-refractivity contribution in [3.8, 4) is 11.5 Å². The maximum atomic E-state index is 14.4. The molecule has 0 atom stereocenters. The van der Waals surface area contributed by atoms with Crippen LogP contribution < -0.4 is 9.47 Å². The Morgan fingerprint density at radius 1 is 0.886 bits per heavy atom. The Morgan fingerprint density at radius 2 is 1.59 bits per heavy atom. The normalized spacial score (nSPS) is 23.6. The molecule has 0 spiro atoms. The number of benzene rings is 2. The maximum absolute atomic E-state index is 14.4. The molecule has 1 N–H and O–H groups in total. The zero-order valence-electron chi connectivity index (χ0n) is 26.5. The number of para-hydroxylation sites is 1. The summed E-state index contributed by atoms with van der Waals surface area (Å²) in [5, 5.41) is 1.17. The van der Waals surface area contributed by atoms with Crippen LogP contribution in [0, 0.1) is 23.2 Å². The Kier molecular flexibility index (Phi) is 9.17. The number of amides is 2. The van der Waals surface area contributed by atoms with Crippen LogP contribution in [0.1, 0.15) is 56.1 Å². The number of hydrogen-bond acceptors (Lipinski definition) is 5. The van der Waals surface area contributed by atoms with Gasteiger partial charge in [0.05, 0.1) is 26.2 Å². The van der Waals surface area contributed by atoms with E-state index < -0.39 is 0 Å². The number of methoxy groups -OCH3 is 3. The van der Waals surface area contributed by atoms with E-state index >= 15 is 0 Å². The van der Waals surface area contributed by atoms with Crippen molar-refractivity contribution in [1.82, 2.24) is 14.8 Å². The molecule has 4 fully saturated rings. The first-order valence-corrected chi connectivity index (χ1v) is 16.2. The molecule has 4 aliphatic rings. The average Bonchev–Trinajstić information content (AvgIpc) is 3.44. The van der Waals surface area contributed by atoms with Crippen molar-refractivity contribution in [2.45, 2.75) is 57.9 Å². The van der Waals surface area contributed by atoms with E-state index in [1.165, 1.54) is 30.2 Å². The van der Waals surface area contributed by atoms with Gasteiger partial charge in [-0.15, -0.1) is 0 Å². The van der Waals surface area contributed by atoms with Gasteiger partial charge in [0.25, 0.3) is 0 Å². The molecule has 1 heterocycles. The van der Waals surface area contributed by atoms with Crippen molar-refractivity contribution in [2.24, 2.45) is 23.2 Å². The molecule has 2 aromatic carbocycles. The van der Waals surface area contributed by atoms with Gasteiger partial charge in [-0.25, -0.2) is 0 Å². The van der Waals surface area contributed by atoms with E-state index in [1.54, 1.807) is 21.3 Å². The third-order valence-electron chi connectivity index (χ3n) is 10.4. The van der Waals surface area contributed by atoms with Crippen LogP contribution in [0.5, 0.6) is 11.5 Å². The Bertz CT molecular complexity index is 1430. The minimum Gasteiger partial charge on any atom is -0.493 e. The first kappa shape index (κ1) is 30.5. The second-order valence-corrected chi connectivity index (χ2v) is 13.4. The molecular weight excluding hydrogens is 554 g/mol. The molecule has 8 heteroatoms. The highest BCUT2D eigenvalue weighted by molar-refractivity contribution is 5.88. The number of carbonyl (C=O) groups is 2. The van der Waals surface area contributed by atoms with Gasteiger partial charge in [0, 0.05) is 50.5 Å². The topological polar surface area (TPSA) is 84.1 Å². The van der Waals surface area contributed by atoms with Crippen LogP contribution in [0.3, 0.4) is 0 Å². The molecule has 3 aromatic rings. The van der Waals surface area contributed by atoms with Gasteiger partial charge in [0.1, 0.15) is 0 Å². The van der Waals surface area contributed by atoms with E-state index in [-0.39, 0.29) is 23.8 Å². The molecular formula is C36H47N3O5. The largest absolute Gasteiger partial charge is 0.493 e. The average molecular weight is 602 g/mol. The van der Waals surface area contributed by atoms with Crippen LogP contribution in [-0.2, 0) is 27.3 Å². The van der Waals surface area contributed by atoms with E-state index in [0.29, 0.717) is 68.3 Å². The lowest BCUT2D eigenvalue weighted by atomic mass is 9.49. The van der Waals surface area contributed by atoms with Crippen molar-refractivity contribution in [3.63, 3.8) is 0 Å². The van der Waals surface area contributed by atoms with Crippen LogP contribution in [0.4, 0.5) is 0 Å². The molecule has 44 heavy (non-hydrogen) atoms. The van der Waals surface area contributed by atoms with E-state index in [1.807, 2.05) is 46.3 Å². The molecule has 1 aromatic heterocycles. The van der Waals surface area contributed by atoms with Crippen molar-refractivity contribution >= 4 is 22.7 Å². The monoisotopic (exact) mass is 601 g/mol. The standard InChI is InChI=1S/C36H47N3O5/c1-42-14-6-12-39(35(41)36-19-26-15-27(20-36)17-28(16-26)21-36)24-34(40)38(23-25-9-10-32(43-2)33(18-25)44-3)13-11-29-22-37-31-8-5-4-7-30(29)31/h4-5,7-10,18,22,26-28,37H,6,11-17,19-21,23-24H2,1-3H3. The predicted octanol–water partition coefficient (Wildman–Crippen LogP) is 5.84. The zero-order chi connectivity index (χ0) is 30.7. The molecule has 0 unspecified atom stereocenters. The Morgan fingerprint density at radius 3 is 2.27 bits per heavy atom. The number of aromatic amines is 1. The van der Waals surface area contributed by atoms with Crippen LogP contribution in [0.25, 0.3) is 10.9 Å². The molecule has 0 aliphatic heterocycles. The Balaban J connectivity index is 1.24. The second-order valence-electron chi connectivity index (χ2n) is 13.4. The third kappa shape index (κ3) is 6.32. The molecule has 0 radical (unpaired) electrons. The van der Waals surface area contributed by atoms with E-state index in [2.05, 4.69) is 17.1 Å². The van der Waals surface area contributed by atoms with Gasteiger partial charge in [0.15, 0.2) is 11.5 Å². The first-order chi connectivity index (χ1) is 21.4. The van der Waals surface area contributed by atoms with Gasteiger partial charge < -0.3 is 29.0 Å². The van der Waals surface area contributed by atoms with Gasteiger partial charge in [0.2, 0.25) is 11.8 Å². The third-order valence-corrected chi connectivity index (χ3v) is 10.4. The smallest absolute Gasteiger partial charge is 0.242 e. The SMILES string of the molecule is COCCCN(CC(=O)N(CCc1c[nH]c2ccccc12)Cc1ccc(OC)c(OC)c1)C(=O)C12CC3CC(CC(C3)C1)C2. The minimum atomic E-state index is -0.291. The summed E-state index contributed by atoms with van der Waals surface area (Å²) in [5.74, 6) is 3.45. The lowest BCUT2D eigenvalue weighted by Gasteiger charge is -2.56. The summed E-state index contributed by atoms with van der Waals surface area (Å²) in [6.45, 7) is 2.14. The Hall–Kier alpha value is -3.52. The molecule has 4 bridgehead atoms. The summed E-state index contributed by atoms with van der Waals surface area (Å²) in [5.41, 5.74) is 2.92. The fourth-order valence-electron chi connectivity index (χ4n) is 8.71. The summed E-state index contributed by atoms with van der Waals surface area (Å²) in [7, 11) is 4.93. The van der Waals surface area contributed by atoms with Crippen molar-refractivity contribution in [1.29, 1.82) is 0 Å². The number of H-pyrrole nitrogens is 1. The number of ether oxygens (including phenoxy) is 3. The summed E-state index contributed by atoms with van der Waals surface area (Å²) in [6.07, 6.45) is 10.3. The summed E-state index contributed by atoms with van der Waals surface area (Å²) in [6, 6.07) is 14.0. The highest BCUT2D eigenvalue weighted by Gasteiger charge is 2.55. The highest BCUT2D eigenvalue weighted by Crippen LogP contribution is 2.60. The van der Waals surface area contributed by atoms with E-state index in [0.717, 1.165) is 30.3 Å². The second kappa shape index (κ2) is 13.2. The number of rotatable bonds is 14. The van der Waals surface area contributed by atoms with E-state index in [9.17, 15) is 9.59 Å². The van der Waals surface area contributed by atoms with Gasteiger partial charge in [-0.2, -0.15) is 0 Å². The van der Waals surface area contributed by atoms with Crippen LogP contribution >= 0.6 is 0 Å². The van der Waals surface area contributed by atoms with Crippen LogP contribution in [0.2, 0.25) is 0 Å². The van der Waals surface area contributed by atoms with Crippen molar-refractivity contribution < 1.29 is 23.8 Å². The number of aromatic nitrogens is 1. The summed E-state index contributed by atoms with van der Waals surface area (Å²) >= 11 is 0. The number of nitrogens with one attached hydrogen (secondary N) is 1. The number of fused-ring (bicyclic) bond motifs is 1. The summed E-state index contributed by atoms with van der Waals surface area (Å²) in [4.78, 5) is 35.8. The molecule has 4 saturated carbocycles. The lowest BCUT2D eigenvalue weighted by molar-refractivity contribution is -0.160. The maximum Gasteiger partial charge on any atom is 0.242 e. The predicted molar refractivity (Wildman–Crippen MR) is 171 cm³/mol. The lowest BCUT2D eigenvalue weighted by Crippen LogP contribution is -2.56. The fraction of sp³-hybridized carbons (Fsp3) is 0.556. The highest BCUT2D eigenvalue weighted by atomic mass is 16.5. The Labute approximate surface area is 261 Å². The molecule has 0 saturated heterocycles. The number of nitrogens with zero attached hydrogens (tertiary/aromatic N) is 2. The molecule has 7 rings (SSSR count). The van der Waals surface area contributed by atoms with Crippen molar-refractivity contribution in [3.05, 3.63) is 59.8 Å². The van der Waals surface area contributed by atoms with E-state index in [4.69, 9.17) is 14.2 Å². The number of hydrogen-bond donors (Lipinski definition) is 1. The summed E-state index contributed by atoms with van der Waals surface area (Å²) < 4.78 is 16.4. The molecule has 2 amide bonds. The fourth-order valence-corrected chi connectivity index (χ4v) is 8.71. The van der Waals surface area contributed by atoms with Crippen molar-refractivity contribution in [2.75, 3.05) is 47.6 Å². The molecule has 4 aliphatic carbocycles. The van der Waals surface area contributed by atoms with Gasteiger partial charge >= 0.3 is 0 Å². The van der Waals surface area contributed by atoms with Gasteiger partial charge in [-0.1, -0.05) is 24.3 Å². The van der Waals surface area contributed by atoms with Gasteiger partial charge in [-0.3, -0.25) is 9.59 Å². The zero-order valence-corrected chi connectivity index (χ0v) is 26.5. The molecule has 236 valence electrons. The first-order valence-electron chi connectivity index (χ1n) is 16.2. The number of carbonyl (C=O) groups excluding carboxylic acids is 2.